The molecule has 8 aromatic carbocycles. The fourth-order valence-corrected chi connectivity index (χ4v) is 7.34. The highest BCUT2D eigenvalue weighted by Crippen LogP contribution is 2.42. The predicted octanol–water partition coefficient (Wildman–Crippen LogP) is 13.0. The molecule has 0 bridgehead atoms. The number of benzene rings is 8. The van der Waals surface area contributed by atoms with Crippen LogP contribution in [0.1, 0.15) is 0 Å². The van der Waals surface area contributed by atoms with Crippen LogP contribution in [0.25, 0.3) is 99.6 Å². The summed E-state index contributed by atoms with van der Waals surface area (Å²) >= 11 is 0. The molecule has 0 aliphatic rings. The van der Waals surface area contributed by atoms with Gasteiger partial charge in [-0.25, -0.2) is 9.97 Å². The molecule has 2 heterocycles. The fraction of sp³-hybridized carbons (Fsp3) is 0. The first-order chi connectivity index (χ1) is 25.2. The summed E-state index contributed by atoms with van der Waals surface area (Å²) in [6, 6.07) is 63.9. The standard InChI is InChI=1S/C48H30N2O/c1-3-13-34(14-4-1)43-30-44(50-48(49-43)35-15-5-2-6-16-35)41-27-38(29-46-47(41)42-26-36-17-7-8-18-37(36)28-45(42)51-46)31-22-24-33(25-23-31)40-21-11-19-32-12-9-10-20-39(32)40/h1-30H. The lowest BCUT2D eigenvalue weighted by atomic mass is 9.93. The Hall–Kier alpha value is -6.84. The summed E-state index contributed by atoms with van der Waals surface area (Å²) in [6.07, 6.45) is 0. The highest BCUT2D eigenvalue weighted by Gasteiger charge is 2.19. The van der Waals surface area contributed by atoms with Crippen LogP contribution < -0.4 is 0 Å². The van der Waals surface area contributed by atoms with Crippen molar-refractivity contribution >= 4 is 43.5 Å². The van der Waals surface area contributed by atoms with Crippen LogP contribution in [0.5, 0.6) is 0 Å². The van der Waals surface area contributed by atoms with E-state index < -0.39 is 0 Å². The van der Waals surface area contributed by atoms with Gasteiger partial charge in [0, 0.05) is 27.5 Å². The Morgan fingerprint density at radius 3 is 1.75 bits per heavy atom. The summed E-state index contributed by atoms with van der Waals surface area (Å²) in [5.41, 5.74) is 11.0. The van der Waals surface area contributed by atoms with E-state index in [2.05, 4.69) is 158 Å². The van der Waals surface area contributed by atoms with E-state index in [1.807, 2.05) is 24.3 Å². The van der Waals surface area contributed by atoms with Crippen molar-refractivity contribution in [2.75, 3.05) is 0 Å². The fourth-order valence-electron chi connectivity index (χ4n) is 7.34. The molecule has 0 radical (unpaired) electrons. The molecule has 10 aromatic rings. The largest absolute Gasteiger partial charge is 0.456 e. The lowest BCUT2D eigenvalue weighted by molar-refractivity contribution is 0.669. The van der Waals surface area contributed by atoms with Gasteiger partial charge in [-0.1, -0.05) is 152 Å². The van der Waals surface area contributed by atoms with Gasteiger partial charge in [0.05, 0.1) is 11.4 Å². The van der Waals surface area contributed by atoms with E-state index in [1.54, 1.807) is 0 Å². The molecular formula is C48H30N2O. The van der Waals surface area contributed by atoms with Crippen molar-refractivity contribution in [3.8, 4) is 56.2 Å². The van der Waals surface area contributed by atoms with Crippen LogP contribution in [0.15, 0.2) is 186 Å². The third-order valence-electron chi connectivity index (χ3n) is 9.86. The second-order valence-electron chi connectivity index (χ2n) is 13.0. The van der Waals surface area contributed by atoms with Crippen molar-refractivity contribution in [2.45, 2.75) is 0 Å². The minimum absolute atomic E-state index is 0.684. The van der Waals surface area contributed by atoms with Crippen LogP contribution in [0, 0.1) is 0 Å². The Morgan fingerprint density at radius 1 is 0.333 bits per heavy atom. The maximum Gasteiger partial charge on any atom is 0.160 e. The van der Waals surface area contributed by atoms with Crippen molar-refractivity contribution in [3.05, 3.63) is 182 Å². The second kappa shape index (κ2) is 11.9. The molecule has 0 fully saturated rings. The minimum Gasteiger partial charge on any atom is -0.456 e. The predicted molar refractivity (Wildman–Crippen MR) is 212 cm³/mol. The third kappa shape index (κ3) is 5.15. The number of hydrogen-bond donors (Lipinski definition) is 0. The molecule has 3 heteroatoms. The zero-order valence-corrected chi connectivity index (χ0v) is 27.6. The van der Waals surface area contributed by atoms with Gasteiger partial charge >= 0.3 is 0 Å². The normalized spacial score (nSPS) is 11.5. The lowest BCUT2D eigenvalue weighted by Gasteiger charge is -2.12. The van der Waals surface area contributed by atoms with Crippen LogP contribution >= 0.6 is 0 Å². The van der Waals surface area contributed by atoms with E-state index in [0.717, 1.165) is 66.5 Å². The van der Waals surface area contributed by atoms with E-state index in [4.69, 9.17) is 14.4 Å². The number of furan rings is 1. The Morgan fingerprint density at radius 2 is 0.961 bits per heavy atom. The molecule has 0 atom stereocenters. The van der Waals surface area contributed by atoms with Gasteiger partial charge < -0.3 is 4.42 Å². The Bertz CT molecular complexity index is 2830. The van der Waals surface area contributed by atoms with Gasteiger partial charge in [-0.15, -0.1) is 0 Å². The topological polar surface area (TPSA) is 38.9 Å². The maximum absolute atomic E-state index is 6.71. The van der Waals surface area contributed by atoms with Gasteiger partial charge in [0.15, 0.2) is 5.82 Å². The summed E-state index contributed by atoms with van der Waals surface area (Å²) in [4.78, 5) is 10.3. The first kappa shape index (κ1) is 29.1. The van der Waals surface area contributed by atoms with E-state index >= 15 is 0 Å². The van der Waals surface area contributed by atoms with Crippen LogP contribution in [0.3, 0.4) is 0 Å². The molecule has 51 heavy (non-hydrogen) atoms. The van der Waals surface area contributed by atoms with E-state index in [0.29, 0.717) is 5.82 Å². The molecule has 0 N–H and O–H groups in total. The van der Waals surface area contributed by atoms with Crippen molar-refractivity contribution in [2.24, 2.45) is 0 Å². The molecule has 2 aromatic heterocycles. The monoisotopic (exact) mass is 650 g/mol. The van der Waals surface area contributed by atoms with Crippen molar-refractivity contribution in [1.29, 1.82) is 0 Å². The van der Waals surface area contributed by atoms with Crippen LogP contribution in [-0.4, -0.2) is 9.97 Å². The highest BCUT2D eigenvalue weighted by atomic mass is 16.3. The maximum atomic E-state index is 6.71. The van der Waals surface area contributed by atoms with Crippen LogP contribution in [0.2, 0.25) is 0 Å². The summed E-state index contributed by atoms with van der Waals surface area (Å²) in [5, 5.41) is 6.92. The molecule has 0 saturated heterocycles. The Labute approximate surface area is 295 Å². The summed E-state index contributed by atoms with van der Waals surface area (Å²) in [5.74, 6) is 0.684. The Kier molecular flexibility index (Phi) is 6.81. The Balaban J connectivity index is 1.21. The molecule has 0 aliphatic heterocycles. The quantitative estimate of drug-likeness (QED) is 0.186. The van der Waals surface area contributed by atoms with E-state index in [1.165, 1.54) is 27.3 Å². The molecule has 0 unspecified atom stereocenters. The van der Waals surface area contributed by atoms with Gasteiger partial charge in [0.25, 0.3) is 0 Å². The minimum atomic E-state index is 0.684. The number of rotatable bonds is 5. The highest BCUT2D eigenvalue weighted by molar-refractivity contribution is 6.16. The molecule has 0 aliphatic carbocycles. The zero-order valence-electron chi connectivity index (χ0n) is 27.6. The third-order valence-corrected chi connectivity index (χ3v) is 9.86. The van der Waals surface area contributed by atoms with Crippen molar-refractivity contribution in [1.82, 2.24) is 9.97 Å². The summed E-state index contributed by atoms with van der Waals surface area (Å²) < 4.78 is 6.71. The van der Waals surface area contributed by atoms with Gasteiger partial charge in [-0.05, 0) is 74.1 Å². The number of hydrogen-bond acceptors (Lipinski definition) is 3. The van der Waals surface area contributed by atoms with Gasteiger partial charge in [0.1, 0.15) is 11.2 Å². The average Bonchev–Trinajstić information content (AvgIpc) is 3.57. The molecule has 10 rings (SSSR count). The van der Waals surface area contributed by atoms with Gasteiger partial charge in [-0.3, -0.25) is 0 Å². The SMILES string of the molecule is c1ccc(-c2cc(-c3cc(-c4ccc(-c5cccc6ccccc56)cc4)cc4oc5cc6ccccc6cc5c34)nc(-c3ccccc3)n2)cc1. The molecule has 238 valence electrons. The number of fused-ring (bicyclic) bond motifs is 5. The van der Waals surface area contributed by atoms with Gasteiger partial charge in [-0.2, -0.15) is 0 Å². The molecule has 0 saturated carbocycles. The molecule has 0 spiro atoms. The molecular weight excluding hydrogens is 621 g/mol. The first-order valence-electron chi connectivity index (χ1n) is 17.2. The first-order valence-corrected chi connectivity index (χ1v) is 17.2. The van der Waals surface area contributed by atoms with Crippen molar-refractivity contribution < 1.29 is 4.42 Å². The average molecular weight is 651 g/mol. The second-order valence-corrected chi connectivity index (χ2v) is 13.0. The van der Waals surface area contributed by atoms with Crippen LogP contribution in [0.4, 0.5) is 0 Å². The zero-order chi connectivity index (χ0) is 33.7. The smallest absolute Gasteiger partial charge is 0.160 e. The summed E-state index contributed by atoms with van der Waals surface area (Å²) in [6.45, 7) is 0. The molecule has 3 nitrogen and oxygen atoms in total. The van der Waals surface area contributed by atoms with Crippen molar-refractivity contribution in [3.63, 3.8) is 0 Å². The van der Waals surface area contributed by atoms with Crippen LogP contribution in [-0.2, 0) is 0 Å². The lowest BCUT2D eigenvalue weighted by Crippen LogP contribution is -1.96. The van der Waals surface area contributed by atoms with E-state index in [-0.39, 0.29) is 0 Å². The number of nitrogens with zero attached hydrogens (tertiary/aromatic N) is 2. The number of aromatic nitrogens is 2. The van der Waals surface area contributed by atoms with Gasteiger partial charge in [0.2, 0.25) is 0 Å². The summed E-state index contributed by atoms with van der Waals surface area (Å²) in [7, 11) is 0. The van der Waals surface area contributed by atoms with E-state index in [9.17, 15) is 0 Å². The molecule has 0 amide bonds.